The first-order valence-corrected chi connectivity index (χ1v) is 13.6. The van der Waals surface area contributed by atoms with Crippen molar-refractivity contribution in [3.05, 3.63) is 65.2 Å². The molecule has 0 aliphatic carbocycles. The number of piperazine rings is 1. The number of carbonyl (C=O) groups is 2. The fourth-order valence-electron chi connectivity index (χ4n) is 4.22. The highest BCUT2D eigenvalue weighted by Gasteiger charge is 2.39. The number of alkyl halides is 3. The Bertz CT molecular complexity index is 1220. The number of methoxy groups -OCH3 is 1. The van der Waals surface area contributed by atoms with Crippen LogP contribution in [-0.4, -0.2) is 68.8 Å². The minimum Gasteiger partial charge on any atom is -0.375 e. The highest BCUT2D eigenvalue weighted by atomic mass is 32.2. The maximum absolute atomic E-state index is 13.4. The van der Waals surface area contributed by atoms with Gasteiger partial charge in [0.15, 0.2) is 0 Å². The molecule has 1 aliphatic rings. The standard InChI is InChI=1S/C26H32F3N3O5S/c1-18(2)20-6-4-19(5-7-20)15-30-24(33)14-22-16-31(25(34)17-37-3)12-13-32(22)38(35,36)23-10-8-21(9-11-23)26(27,28)29/h4-11,18,22H,12-17H2,1-3H3,(H,30,33)/t22-/m0/s1. The van der Waals surface area contributed by atoms with Crippen LogP contribution >= 0.6 is 0 Å². The summed E-state index contributed by atoms with van der Waals surface area (Å²) in [6.07, 6.45) is -4.84. The van der Waals surface area contributed by atoms with E-state index in [9.17, 15) is 31.2 Å². The van der Waals surface area contributed by atoms with Crippen molar-refractivity contribution in [3.8, 4) is 0 Å². The van der Waals surface area contributed by atoms with Gasteiger partial charge in [0.05, 0.1) is 16.5 Å². The van der Waals surface area contributed by atoms with E-state index < -0.39 is 33.7 Å². The van der Waals surface area contributed by atoms with Crippen molar-refractivity contribution in [1.82, 2.24) is 14.5 Å². The molecule has 2 aromatic carbocycles. The molecule has 1 N–H and O–H groups in total. The lowest BCUT2D eigenvalue weighted by Crippen LogP contribution is -2.58. The Morgan fingerprint density at radius 1 is 1.05 bits per heavy atom. The molecule has 0 aromatic heterocycles. The molecule has 8 nitrogen and oxygen atoms in total. The zero-order chi connectivity index (χ0) is 28.1. The van der Waals surface area contributed by atoms with Crippen LogP contribution < -0.4 is 5.32 Å². The Morgan fingerprint density at radius 3 is 2.24 bits per heavy atom. The second-order valence-corrected chi connectivity index (χ2v) is 11.3. The third kappa shape index (κ3) is 7.33. The summed E-state index contributed by atoms with van der Waals surface area (Å²) in [4.78, 5) is 26.3. The highest BCUT2D eigenvalue weighted by Crippen LogP contribution is 2.31. The fraction of sp³-hybridized carbons (Fsp3) is 0.462. The predicted octanol–water partition coefficient (Wildman–Crippen LogP) is 3.38. The molecule has 3 rings (SSSR count). The maximum Gasteiger partial charge on any atom is 0.416 e. The van der Waals surface area contributed by atoms with Gasteiger partial charge >= 0.3 is 6.18 Å². The number of amides is 2. The van der Waals surface area contributed by atoms with E-state index >= 15 is 0 Å². The zero-order valence-corrected chi connectivity index (χ0v) is 22.3. The summed E-state index contributed by atoms with van der Waals surface area (Å²) in [5.74, 6) is -0.405. The minimum absolute atomic E-state index is 0.0570. The van der Waals surface area contributed by atoms with Gasteiger partial charge in [-0.3, -0.25) is 9.59 Å². The van der Waals surface area contributed by atoms with Crippen molar-refractivity contribution in [2.24, 2.45) is 0 Å². The number of benzene rings is 2. The van der Waals surface area contributed by atoms with E-state index in [0.717, 1.165) is 27.6 Å². The van der Waals surface area contributed by atoms with Crippen molar-refractivity contribution in [2.45, 2.75) is 49.8 Å². The molecule has 2 amide bonds. The highest BCUT2D eigenvalue weighted by molar-refractivity contribution is 7.89. The molecule has 1 fully saturated rings. The SMILES string of the molecule is COCC(=O)N1CCN(S(=O)(=O)c2ccc(C(F)(F)F)cc2)[C@@H](CC(=O)NCc2ccc(C(C)C)cc2)C1. The van der Waals surface area contributed by atoms with Crippen molar-refractivity contribution in [2.75, 3.05) is 33.4 Å². The van der Waals surface area contributed by atoms with Crippen molar-refractivity contribution in [1.29, 1.82) is 0 Å². The van der Waals surface area contributed by atoms with Gasteiger partial charge in [-0.1, -0.05) is 38.1 Å². The number of carbonyl (C=O) groups excluding carboxylic acids is 2. The van der Waals surface area contributed by atoms with Gasteiger partial charge in [-0.25, -0.2) is 8.42 Å². The average molecular weight is 556 g/mol. The lowest BCUT2D eigenvalue weighted by molar-refractivity contribution is -0.138. The zero-order valence-electron chi connectivity index (χ0n) is 21.5. The molecule has 0 saturated carbocycles. The van der Waals surface area contributed by atoms with E-state index in [4.69, 9.17) is 4.74 Å². The van der Waals surface area contributed by atoms with Crippen LogP contribution in [0.4, 0.5) is 13.2 Å². The van der Waals surface area contributed by atoms with Crippen molar-refractivity contribution < 1.29 is 35.9 Å². The first-order valence-electron chi connectivity index (χ1n) is 12.1. The van der Waals surface area contributed by atoms with Gasteiger partial charge in [-0.2, -0.15) is 17.5 Å². The lowest BCUT2D eigenvalue weighted by atomic mass is 10.0. The van der Waals surface area contributed by atoms with E-state index in [1.807, 2.05) is 24.3 Å². The summed E-state index contributed by atoms with van der Waals surface area (Å²) >= 11 is 0. The maximum atomic E-state index is 13.4. The summed E-state index contributed by atoms with van der Waals surface area (Å²) in [6.45, 7) is 4.07. The summed E-state index contributed by atoms with van der Waals surface area (Å²) in [7, 11) is -2.88. The molecule has 1 saturated heterocycles. The normalized spacial score (nSPS) is 17.0. The van der Waals surface area contributed by atoms with Crippen LogP contribution in [0.25, 0.3) is 0 Å². The van der Waals surface area contributed by atoms with Crippen LogP contribution in [0.5, 0.6) is 0 Å². The number of hydrogen-bond acceptors (Lipinski definition) is 5. The van der Waals surface area contributed by atoms with E-state index in [2.05, 4.69) is 19.2 Å². The number of halogens is 3. The third-order valence-electron chi connectivity index (χ3n) is 6.39. The average Bonchev–Trinajstić information content (AvgIpc) is 2.87. The molecule has 2 aromatic rings. The molecule has 38 heavy (non-hydrogen) atoms. The van der Waals surface area contributed by atoms with Gasteiger partial charge in [0.25, 0.3) is 0 Å². The van der Waals surface area contributed by atoms with Crippen LogP contribution in [-0.2, 0) is 37.1 Å². The number of sulfonamides is 1. The first-order chi connectivity index (χ1) is 17.8. The van der Waals surface area contributed by atoms with Crippen LogP contribution in [0.3, 0.4) is 0 Å². The number of rotatable bonds is 9. The molecule has 1 aliphatic heterocycles. The monoisotopic (exact) mass is 555 g/mol. The molecule has 0 radical (unpaired) electrons. The lowest BCUT2D eigenvalue weighted by Gasteiger charge is -2.40. The topological polar surface area (TPSA) is 96.0 Å². The number of nitrogens with one attached hydrogen (secondary N) is 1. The Morgan fingerprint density at radius 2 is 1.68 bits per heavy atom. The quantitative estimate of drug-likeness (QED) is 0.512. The second-order valence-electron chi connectivity index (χ2n) is 9.44. The van der Waals surface area contributed by atoms with E-state index in [1.165, 1.54) is 12.0 Å². The Hall–Kier alpha value is -2.96. The van der Waals surface area contributed by atoms with E-state index in [0.29, 0.717) is 18.1 Å². The number of nitrogens with zero attached hydrogens (tertiary/aromatic N) is 2. The Balaban J connectivity index is 1.77. The molecule has 1 atom stereocenters. The molecule has 0 unspecified atom stereocenters. The van der Waals surface area contributed by atoms with Crippen LogP contribution in [0.2, 0.25) is 0 Å². The van der Waals surface area contributed by atoms with Gasteiger partial charge in [0.2, 0.25) is 21.8 Å². The number of ether oxygens (including phenoxy) is 1. The summed E-state index contributed by atoms with van der Waals surface area (Å²) in [5.41, 5.74) is 1.06. The van der Waals surface area contributed by atoms with Crippen LogP contribution in [0, 0.1) is 0 Å². The van der Waals surface area contributed by atoms with Crippen molar-refractivity contribution in [3.63, 3.8) is 0 Å². The van der Waals surface area contributed by atoms with Gasteiger partial charge < -0.3 is 15.0 Å². The van der Waals surface area contributed by atoms with Gasteiger partial charge in [-0.05, 0) is 41.3 Å². The summed E-state index contributed by atoms with van der Waals surface area (Å²) in [6, 6.07) is 10.1. The molecular weight excluding hydrogens is 523 g/mol. The van der Waals surface area contributed by atoms with Gasteiger partial charge in [0, 0.05) is 39.7 Å². The molecule has 12 heteroatoms. The molecule has 0 spiro atoms. The Labute approximate surface area is 220 Å². The van der Waals surface area contributed by atoms with Gasteiger partial charge in [-0.15, -0.1) is 0 Å². The molecule has 208 valence electrons. The molecule has 1 heterocycles. The van der Waals surface area contributed by atoms with Crippen LogP contribution in [0.15, 0.2) is 53.4 Å². The minimum atomic E-state index is -4.61. The predicted molar refractivity (Wildman–Crippen MR) is 135 cm³/mol. The molecular formula is C26H32F3N3O5S. The smallest absolute Gasteiger partial charge is 0.375 e. The van der Waals surface area contributed by atoms with E-state index in [-0.39, 0.29) is 50.0 Å². The second kappa shape index (κ2) is 12.3. The van der Waals surface area contributed by atoms with Gasteiger partial charge in [0.1, 0.15) is 6.61 Å². The first kappa shape index (κ1) is 29.6. The third-order valence-corrected chi connectivity index (χ3v) is 8.36. The summed E-state index contributed by atoms with van der Waals surface area (Å²) < 4.78 is 71.6. The number of hydrogen-bond donors (Lipinski definition) is 1. The molecule has 0 bridgehead atoms. The van der Waals surface area contributed by atoms with E-state index in [1.54, 1.807) is 0 Å². The Kier molecular flexibility index (Phi) is 9.55. The summed E-state index contributed by atoms with van der Waals surface area (Å²) in [5, 5.41) is 2.79. The van der Waals surface area contributed by atoms with Crippen LogP contribution in [0.1, 0.15) is 42.9 Å². The largest absolute Gasteiger partial charge is 0.416 e. The van der Waals surface area contributed by atoms with Crippen molar-refractivity contribution >= 4 is 21.8 Å². The fourth-order valence-corrected chi connectivity index (χ4v) is 5.83.